The van der Waals surface area contributed by atoms with Crippen molar-refractivity contribution in [2.24, 2.45) is 0 Å². The summed E-state index contributed by atoms with van der Waals surface area (Å²) in [6.07, 6.45) is 2.12. The first-order chi connectivity index (χ1) is 10.1. The molecule has 1 aromatic rings. The summed E-state index contributed by atoms with van der Waals surface area (Å²) in [7, 11) is 0. The maximum absolute atomic E-state index is 12.7. The van der Waals surface area contributed by atoms with Crippen LogP contribution in [0.15, 0.2) is 0 Å². The van der Waals surface area contributed by atoms with Gasteiger partial charge in [0.15, 0.2) is 0 Å². The molecule has 0 bridgehead atoms. The fourth-order valence-electron chi connectivity index (χ4n) is 3.30. The van der Waals surface area contributed by atoms with Crippen LogP contribution in [-0.2, 0) is 11.3 Å². The van der Waals surface area contributed by atoms with Crippen LogP contribution in [0.3, 0.4) is 0 Å². The zero-order valence-corrected chi connectivity index (χ0v) is 13.7. The number of rotatable bonds is 3. The standard InChI is InChI=1S/C15H24N4OS/c1-11-14(21-12(2)17-11)10-19-7-3-4-13(19)15(20)18-8-5-16-6-9-18/h13,16H,3-10H2,1-2H3. The normalized spacial score (nSPS) is 23.7. The summed E-state index contributed by atoms with van der Waals surface area (Å²) in [4.78, 5) is 22.9. The van der Waals surface area contributed by atoms with Gasteiger partial charge in [0, 0.05) is 37.6 Å². The van der Waals surface area contributed by atoms with Crippen LogP contribution >= 0.6 is 11.3 Å². The molecule has 6 heteroatoms. The van der Waals surface area contributed by atoms with Gasteiger partial charge in [-0.3, -0.25) is 9.69 Å². The van der Waals surface area contributed by atoms with Crippen molar-refractivity contribution in [2.45, 2.75) is 39.3 Å². The molecule has 0 radical (unpaired) electrons. The molecule has 2 fully saturated rings. The lowest BCUT2D eigenvalue weighted by Gasteiger charge is -2.32. The minimum Gasteiger partial charge on any atom is -0.339 e. The number of aryl methyl sites for hydroxylation is 2. The lowest BCUT2D eigenvalue weighted by molar-refractivity contribution is -0.136. The molecule has 1 atom stereocenters. The Morgan fingerprint density at radius 3 is 2.76 bits per heavy atom. The number of carbonyl (C=O) groups is 1. The van der Waals surface area contributed by atoms with Crippen molar-refractivity contribution < 1.29 is 4.79 Å². The first kappa shape index (κ1) is 14.9. The van der Waals surface area contributed by atoms with Crippen LogP contribution in [0.4, 0.5) is 0 Å². The van der Waals surface area contributed by atoms with E-state index in [4.69, 9.17) is 0 Å². The summed E-state index contributed by atoms with van der Waals surface area (Å²) in [5.41, 5.74) is 1.12. The summed E-state index contributed by atoms with van der Waals surface area (Å²) in [6, 6.07) is 0.0740. The first-order valence-corrected chi connectivity index (χ1v) is 8.63. The predicted octanol–water partition coefficient (Wildman–Crippen LogP) is 1.16. The second-order valence-corrected chi connectivity index (χ2v) is 7.23. The molecule has 2 saturated heterocycles. The summed E-state index contributed by atoms with van der Waals surface area (Å²) < 4.78 is 0. The molecule has 0 aromatic carbocycles. The molecule has 116 valence electrons. The van der Waals surface area contributed by atoms with Gasteiger partial charge >= 0.3 is 0 Å². The molecule has 0 spiro atoms. The van der Waals surface area contributed by atoms with E-state index in [-0.39, 0.29) is 6.04 Å². The Balaban J connectivity index is 1.67. The van der Waals surface area contributed by atoms with E-state index in [1.54, 1.807) is 11.3 Å². The van der Waals surface area contributed by atoms with Gasteiger partial charge in [0.1, 0.15) is 0 Å². The molecule has 21 heavy (non-hydrogen) atoms. The van der Waals surface area contributed by atoms with Gasteiger partial charge < -0.3 is 10.2 Å². The third kappa shape index (κ3) is 3.27. The molecule has 1 amide bonds. The number of thiazole rings is 1. The molecule has 1 unspecified atom stereocenters. The molecule has 2 aliphatic heterocycles. The maximum atomic E-state index is 12.7. The molecule has 5 nitrogen and oxygen atoms in total. The fraction of sp³-hybridized carbons (Fsp3) is 0.733. The number of amides is 1. The number of nitrogens with zero attached hydrogens (tertiary/aromatic N) is 3. The largest absolute Gasteiger partial charge is 0.339 e. The first-order valence-electron chi connectivity index (χ1n) is 7.81. The van der Waals surface area contributed by atoms with Crippen molar-refractivity contribution in [3.8, 4) is 0 Å². The molecule has 2 aliphatic rings. The highest BCUT2D eigenvalue weighted by Gasteiger charge is 2.34. The van der Waals surface area contributed by atoms with Crippen LogP contribution < -0.4 is 5.32 Å². The van der Waals surface area contributed by atoms with E-state index in [2.05, 4.69) is 29.0 Å². The van der Waals surface area contributed by atoms with Crippen LogP contribution in [0, 0.1) is 13.8 Å². The molecular formula is C15H24N4OS. The van der Waals surface area contributed by atoms with Crippen LogP contribution in [-0.4, -0.2) is 59.5 Å². The predicted molar refractivity (Wildman–Crippen MR) is 84.5 cm³/mol. The van der Waals surface area contributed by atoms with Crippen LogP contribution in [0.1, 0.15) is 28.4 Å². The average molecular weight is 308 g/mol. The van der Waals surface area contributed by atoms with Gasteiger partial charge in [0.2, 0.25) is 5.91 Å². The number of nitrogens with one attached hydrogen (secondary N) is 1. The quantitative estimate of drug-likeness (QED) is 0.910. The number of piperazine rings is 1. The second-order valence-electron chi connectivity index (χ2n) is 5.95. The van der Waals surface area contributed by atoms with Crippen LogP contribution in [0.2, 0.25) is 0 Å². The molecule has 1 aromatic heterocycles. The lowest BCUT2D eigenvalue weighted by Crippen LogP contribution is -2.52. The number of hydrogen-bond donors (Lipinski definition) is 1. The number of likely N-dealkylation sites (tertiary alicyclic amines) is 1. The van der Waals surface area contributed by atoms with Gasteiger partial charge in [-0.15, -0.1) is 11.3 Å². The third-order valence-electron chi connectivity index (χ3n) is 4.42. The SMILES string of the molecule is Cc1nc(C)c(CN2CCCC2C(=O)N2CCNCC2)s1. The zero-order chi connectivity index (χ0) is 14.8. The molecule has 3 rings (SSSR count). The topological polar surface area (TPSA) is 48.5 Å². The highest BCUT2D eigenvalue weighted by atomic mass is 32.1. The van der Waals surface area contributed by atoms with Crippen molar-refractivity contribution in [3.63, 3.8) is 0 Å². The van der Waals surface area contributed by atoms with Crippen molar-refractivity contribution in [3.05, 3.63) is 15.6 Å². The summed E-state index contributed by atoms with van der Waals surface area (Å²) in [6.45, 7) is 9.57. The number of aromatic nitrogens is 1. The van der Waals surface area contributed by atoms with E-state index in [1.165, 1.54) is 4.88 Å². The Labute approximate surface area is 130 Å². The van der Waals surface area contributed by atoms with Gasteiger partial charge in [-0.2, -0.15) is 0 Å². The van der Waals surface area contributed by atoms with Crippen molar-refractivity contribution in [1.29, 1.82) is 0 Å². The Morgan fingerprint density at radius 1 is 1.33 bits per heavy atom. The van der Waals surface area contributed by atoms with Crippen LogP contribution in [0.25, 0.3) is 0 Å². The highest BCUT2D eigenvalue weighted by molar-refractivity contribution is 7.11. The molecule has 0 aliphatic carbocycles. The summed E-state index contributed by atoms with van der Waals surface area (Å²) >= 11 is 1.76. The molecule has 3 heterocycles. The number of hydrogen-bond acceptors (Lipinski definition) is 5. The van der Waals surface area contributed by atoms with E-state index in [9.17, 15) is 4.79 Å². The van der Waals surface area contributed by atoms with Gasteiger partial charge in [-0.25, -0.2) is 4.98 Å². The lowest BCUT2D eigenvalue weighted by atomic mass is 10.1. The smallest absolute Gasteiger partial charge is 0.240 e. The second kappa shape index (κ2) is 6.42. The Hall–Kier alpha value is -0.980. The molecule has 0 saturated carbocycles. The summed E-state index contributed by atoms with van der Waals surface area (Å²) in [5, 5.41) is 4.42. The Kier molecular flexibility index (Phi) is 4.57. The van der Waals surface area contributed by atoms with E-state index in [1.807, 2.05) is 4.90 Å². The van der Waals surface area contributed by atoms with Crippen molar-refractivity contribution >= 4 is 17.2 Å². The van der Waals surface area contributed by atoms with E-state index in [0.717, 1.165) is 62.8 Å². The maximum Gasteiger partial charge on any atom is 0.240 e. The molecule has 1 N–H and O–H groups in total. The average Bonchev–Trinajstić information content (AvgIpc) is 3.06. The van der Waals surface area contributed by atoms with Gasteiger partial charge in [0.25, 0.3) is 0 Å². The van der Waals surface area contributed by atoms with Gasteiger partial charge in [-0.1, -0.05) is 0 Å². The van der Waals surface area contributed by atoms with E-state index < -0.39 is 0 Å². The minimum atomic E-state index is 0.0740. The van der Waals surface area contributed by atoms with Gasteiger partial charge in [0.05, 0.1) is 16.7 Å². The number of carbonyl (C=O) groups excluding carboxylic acids is 1. The highest BCUT2D eigenvalue weighted by Crippen LogP contribution is 2.26. The zero-order valence-electron chi connectivity index (χ0n) is 12.9. The summed E-state index contributed by atoms with van der Waals surface area (Å²) in [5.74, 6) is 0.327. The van der Waals surface area contributed by atoms with Gasteiger partial charge in [-0.05, 0) is 33.2 Å². The van der Waals surface area contributed by atoms with Crippen molar-refractivity contribution in [1.82, 2.24) is 20.1 Å². The monoisotopic (exact) mass is 308 g/mol. The van der Waals surface area contributed by atoms with E-state index >= 15 is 0 Å². The third-order valence-corrected chi connectivity index (χ3v) is 5.48. The van der Waals surface area contributed by atoms with Crippen molar-refractivity contribution in [2.75, 3.05) is 32.7 Å². The minimum absolute atomic E-state index is 0.0740. The fourth-order valence-corrected chi connectivity index (χ4v) is 4.26. The Morgan fingerprint density at radius 2 is 2.10 bits per heavy atom. The molecular weight excluding hydrogens is 284 g/mol. The van der Waals surface area contributed by atoms with Crippen LogP contribution in [0.5, 0.6) is 0 Å². The Bertz CT molecular complexity index is 510. The van der Waals surface area contributed by atoms with E-state index in [0.29, 0.717) is 5.91 Å².